The Balaban J connectivity index is 1.60. The second-order valence-electron chi connectivity index (χ2n) is 8.36. The molecule has 3 rings (SSSR count). The summed E-state index contributed by atoms with van der Waals surface area (Å²) in [5.74, 6) is -0.348. The van der Waals surface area contributed by atoms with Gasteiger partial charge < -0.3 is 26.0 Å². The number of halogens is 1. The molecule has 0 radical (unpaired) electrons. The number of nitrogens with one attached hydrogen (secondary N) is 2. The number of aromatic nitrogens is 2. The fourth-order valence-corrected chi connectivity index (χ4v) is 3.96. The monoisotopic (exact) mass is 483 g/mol. The average Bonchev–Trinajstić information content (AvgIpc) is 2.90. The zero-order valence-electron chi connectivity index (χ0n) is 20.6. The fourth-order valence-electron chi connectivity index (χ4n) is 3.96. The van der Waals surface area contributed by atoms with Gasteiger partial charge in [-0.1, -0.05) is 6.92 Å². The van der Waals surface area contributed by atoms with Gasteiger partial charge in [-0.3, -0.25) is 9.79 Å². The molecule has 1 aromatic carbocycles. The predicted octanol–water partition coefficient (Wildman–Crippen LogP) is 2.54. The summed E-state index contributed by atoms with van der Waals surface area (Å²) in [5, 5.41) is 5.62. The molecule has 1 atom stereocenters. The van der Waals surface area contributed by atoms with E-state index in [1.54, 1.807) is 18.6 Å². The molecule has 1 fully saturated rings. The minimum Gasteiger partial charge on any atom is -0.494 e. The van der Waals surface area contributed by atoms with Gasteiger partial charge in [0.1, 0.15) is 0 Å². The maximum Gasteiger partial charge on any atom is 0.251 e. The second-order valence-corrected chi connectivity index (χ2v) is 8.36. The number of nitrogens with zero attached hydrogens (tertiary/aromatic N) is 4. The van der Waals surface area contributed by atoms with Crippen molar-refractivity contribution >= 4 is 18.1 Å². The van der Waals surface area contributed by atoms with Crippen molar-refractivity contribution < 1.29 is 13.9 Å². The van der Waals surface area contributed by atoms with Crippen LogP contribution in [0.1, 0.15) is 41.3 Å². The summed E-state index contributed by atoms with van der Waals surface area (Å²) in [6, 6.07) is 3.18. The van der Waals surface area contributed by atoms with Crippen LogP contribution in [0.15, 0.2) is 41.4 Å². The molecule has 0 aliphatic carbocycles. The standard InChI is InChI=1S/C25H34FN7O2/c1-4-33-9-5-6-20(16-33)29-15-21(12-27)32-25-30-13-17(14-31-25)7-8-18-10-19(24(34)28-2)11-22(35-3)23(18)26/h10-15,20H,4-9,16,27H2,1-3H3,(H,28,34)(H,30,31,32)/b21-12+,29-15?/t20-/m0/s1. The number of likely N-dealkylation sites (N-methyl/N-ethyl adjacent to an activating group) is 1. The molecular formula is C25H34FN7O2. The highest BCUT2D eigenvalue weighted by molar-refractivity contribution is 5.94. The number of aryl methyl sites for hydroxylation is 2. The Morgan fingerprint density at radius 1 is 1.34 bits per heavy atom. The summed E-state index contributed by atoms with van der Waals surface area (Å²) in [4.78, 5) is 27.7. The van der Waals surface area contributed by atoms with E-state index in [1.807, 2.05) is 0 Å². The molecule has 1 aliphatic heterocycles. The van der Waals surface area contributed by atoms with Crippen LogP contribution in [-0.2, 0) is 12.8 Å². The fraction of sp³-hybridized carbons (Fsp3) is 0.440. The molecule has 0 spiro atoms. The number of aliphatic imine (C=N–C) groups is 1. The van der Waals surface area contributed by atoms with Crippen LogP contribution in [-0.4, -0.2) is 66.8 Å². The normalized spacial score (nSPS) is 16.9. The van der Waals surface area contributed by atoms with Gasteiger partial charge in [-0.05, 0) is 62.0 Å². The van der Waals surface area contributed by atoms with Crippen LogP contribution >= 0.6 is 0 Å². The van der Waals surface area contributed by atoms with E-state index in [0.717, 1.165) is 38.0 Å². The Bertz CT molecular complexity index is 1060. The number of nitrogens with two attached hydrogens (primary N) is 1. The van der Waals surface area contributed by atoms with Gasteiger partial charge in [0.05, 0.1) is 18.8 Å². The zero-order valence-corrected chi connectivity index (χ0v) is 20.6. The predicted molar refractivity (Wildman–Crippen MR) is 135 cm³/mol. The van der Waals surface area contributed by atoms with Gasteiger partial charge in [0.15, 0.2) is 11.6 Å². The van der Waals surface area contributed by atoms with E-state index in [1.165, 1.54) is 32.5 Å². The van der Waals surface area contributed by atoms with Crippen LogP contribution in [0.25, 0.3) is 0 Å². The van der Waals surface area contributed by atoms with E-state index in [2.05, 4.69) is 37.4 Å². The summed E-state index contributed by atoms with van der Waals surface area (Å²) in [7, 11) is 2.90. The van der Waals surface area contributed by atoms with Crippen LogP contribution in [0.5, 0.6) is 5.75 Å². The topological polar surface area (TPSA) is 118 Å². The quantitative estimate of drug-likeness (QED) is 0.445. The van der Waals surface area contributed by atoms with E-state index < -0.39 is 5.82 Å². The highest BCUT2D eigenvalue weighted by atomic mass is 19.1. The van der Waals surface area contributed by atoms with E-state index in [-0.39, 0.29) is 17.7 Å². The zero-order chi connectivity index (χ0) is 25.2. The molecule has 4 N–H and O–H groups in total. The molecule has 1 aromatic heterocycles. The van der Waals surface area contributed by atoms with Gasteiger partial charge in [0, 0.05) is 44.0 Å². The highest BCUT2D eigenvalue weighted by Gasteiger charge is 2.17. The van der Waals surface area contributed by atoms with Crippen molar-refractivity contribution in [2.45, 2.75) is 38.6 Å². The summed E-state index contributed by atoms with van der Waals surface area (Å²) < 4.78 is 19.8. The van der Waals surface area contributed by atoms with Crippen LogP contribution in [0.3, 0.4) is 0 Å². The summed E-state index contributed by atoms with van der Waals surface area (Å²) >= 11 is 0. The van der Waals surface area contributed by atoms with Crippen molar-refractivity contribution in [2.75, 3.05) is 39.1 Å². The maximum atomic E-state index is 14.7. The lowest BCUT2D eigenvalue weighted by atomic mass is 10.0. The Labute approximate surface area is 205 Å². The Morgan fingerprint density at radius 3 is 2.77 bits per heavy atom. The van der Waals surface area contributed by atoms with Crippen molar-refractivity contribution in [3.63, 3.8) is 0 Å². The number of hydrogen-bond acceptors (Lipinski definition) is 8. The number of methoxy groups -OCH3 is 1. The molecule has 0 bridgehead atoms. The molecule has 1 amide bonds. The number of carbonyl (C=O) groups is 1. The van der Waals surface area contributed by atoms with Crippen molar-refractivity contribution in [1.82, 2.24) is 20.2 Å². The Hall–Kier alpha value is -3.53. The van der Waals surface area contributed by atoms with E-state index in [4.69, 9.17) is 10.5 Å². The number of rotatable bonds is 10. The number of carbonyl (C=O) groups excluding carboxylic acids is 1. The summed E-state index contributed by atoms with van der Waals surface area (Å²) in [6.45, 7) is 5.27. The van der Waals surface area contributed by atoms with Crippen LogP contribution in [0.2, 0.25) is 0 Å². The smallest absolute Gasteiger partial charge is 0.251 e. The number of amides is 1. The number of ether oxygens (including phenoxy) is 1. The SMILES string of the molecule is CCN1CCC[C@H](N=C/C(=C\N)Nc2ncc(CCc3cc(C(=O)NC)cc(OC)c3F)cn2)C1. The summed E-state index contributed by atoms with van der Waals surface area (Å²) in [5.41, 5.74) is 7.93. The van der Waals surface area contributed by atoms with E-state index >= 15 is 0 Å². The molecule has 1 saturated heterocycles. The number of hydrogen-bond donors (Lipinski definition) is 3. The van der Waals surface area contributed by atoms with Crippen LogP contribution < -0.4 is 21.1 Å². The minimum absolute atomic E-state index is 0.0373. The molecule has 2 heterocycles. The number of piperidine rings is 1. The Morgan fingerprint density at radius 2 is 2.11 bits per heavy atom. The third kappa shape index (κ3) is 7.22. The summed E-state index contributed by atoms with van der Waals surface area (Å²) in [6.07, 6.45) is 9.59. The first-order valence-corrected chi connectivity index (χ1v) is 11.8. The number of anilines is 1. The second kappa shape index (κ2) is 12.8. The van der Waals surface area contributed by atoms with Gasteiger partial charge in [-0.2, -0.15) is 0 Å². The number of benzene rings is 1. The van der Waals surface area contributed by atoms with E-state index in [0.29, 0.717) is 35.6 Å². The largest absolute Gasteiger partial charge is 0.494 e. The molecule has 0 saturated carbocycles. The van der Waals surface area contributed by atoms with Crippen molar-refractivity contribution in [3.8, 4) is 5.75 Å². The molecule has 35 heavy (non-hydrogen) atoms. The molecule has 0 unspecified atom stereocenters. The molecular weight excluding hydrogens is 449 g/mol. The lowest BCUT2D eigenvalue weighted by Crippen LogP contribution is -2.37. The lowest BCUT2D eigenvalue weighted by molar-refractivity contribution is 0.0962. The third-order valence-corrected chi connectivity index (χ3v) is 6.00. The molecule has 10 heteroatoms. The van der Waals surface area contributed by atoms with Gasteiger partial charge in [0.25, 0.3) is 5.91 Å². The van der Waals surface area contributed by atoms with Gasteiger partial charge in [0.2, 0.25) is 5.95 Å². The van der Waals surface area contributed by atoms with Gasteiger partial charge >= 0.3 is 0 Å². The maximum absolute atomic E-state index is 14.7. The number of allylic oxidation sites excluding steroid dienone is 1. The average molecular weight is 484 g/mol. The number of likely N-dealkylation sites (tertiary alicyclic amines) is 1. The molecule has 188 valence electrons. The van der Waals surface area contributed by atoms with Crippen molar-refractivity contribution in [2.24, 2.45) is 10.7 Å². The molecule has 1 aliphatic rings. The first kappa shape index (κ1) is 26.1. The minimum atomic E-state index is -0.476. The van der Waals surface area contributed by atoms with Crippen molar-refractivity contribution in [1.29, 1.82) is 0 Å². The highest BCUT2D eigenvalue weighted by Crippen LogP contribution is 2.24. The third-order valence-electron chi connectivity index (χ3n) is 6.00. The first-order valence-electron chi connectivity index (χ1n) is 11.8. The van der Waals surface area contributed by atoms with E-state index in [9.17, 15) is 9.18 Å². The molecule has 2 aromatic rings. The first-order chi connectivity index (χ1) is 17.0. The van der Waals surface area contributed by atoms with Crippen LogP contribution in [0.4, 0.5) is 10.3 Å². The Kier molecular flexibility index (Phi) is 9.54. The van der Waals surface area contributed by atoms with Crippen LogP contribution in [0, 0.1) is 5.82 Å². The molecule has 9 nitrogen and oxygen atoms in total. The lowest BCUT2D eigenvalue weighted by Gasteiger charge is -2.29. The van der Waals surface area contributed by atoms with Gasteiger partial charge in [-0.25, -0.2) is 14.4 Å². The van der Waals surface area contributed by atoms with Gasteiger partial charge in [-0.15, -0.1) is 0 Å². The van der Waals surface area contributed by atoms with Crippen molar-refractivity contribution in [3.05, 3.63) is 58.9 Å².